The lowest BCUT2D eigenvalue weighted by Gasteiger charge is -2.20. The van der Waals surface area contributed by atoms with Gasteiger partial charge < -0.3 is 10.2 Å². The molecule has 0 aliphatic rings. The smallest absolute Gasteiger partial charge is 0.258 e. The van der Waals surface area contributed by atoms with Crippen LogP contribution in [0.1, 0.15) is 21.5 Å². The molecule has 104 valence electrons. The fourth-order valence-corrected chi connectivity index (χ4v) is 2.29. The summed E-state index contributed by atoms with van der Waals surface area (Å²) in [5.74, 6) is -0.00551. The van der Waals surface area contributed by atoms with Crippen LogP contribution < -0.4 is 10.2 Å². The van der Waals surface area contributed by atoms with Crippen molar-refractivity contribution in [3.63, 3.8) is 0 Å². The van der Waals surface area contributed by atoms with Crippen molar-refractivity contribution in [2.75, 3.05) is 24.3 Å². The van der Waals surface area contributed by atoms with E-state index in [1.165, 1.54) is 5.56 Å². The molecule has 0 aliphatic carbocycles. The van der Waals surface area contributed by atoms with Crippen LogP contribution in [0.15, 0.2) is 42.5 Å². The lowest BCUT2D eigenvalue weighted by atomic mass is 10.1. The number of benzene rings is 2. The second kappa shape index (κ2) is 5.78. The lowest BCUT2D eigenvalue weighted by Crippen LogP contribution is -2.26. The molecule has 1 N–H and O–H groups in total. The molecule has 3 nitrogen and oxygen atoms in total. The largest absolute Gasteiger partial charge is 0.388 e. The average Bonchev–Trinajstić information content (AvgIpc) is 2.46. The molecule has 0 fully saturated rings. The minimum atomic E-state index is -0.00551. The topological polar surface area (TPSA) is 32.3 Å². The van der Waals surface area contributed by atoms with Crippen LogP contribution in [0.2, 0.25) is 0 Å². The van der Waals surface area contributed by atoms with E-state index in [1.807, 2.05) is 57.4 Å². The minimum absolute atomic E-state index is 0.00551. The molecule has 0 saturated heterocycles. The second-order valence-electron chi connectivity index (χ2n) is 4.98. The van der Waals surface area contributed by atoms with Crippen molar-refractivity contribution >= 4 is 17.3 Å². The van der Waals surface area contributed by atoms with Gasteiger partial charge in [-0.3, -0.25) is 4.79 Å². The van der Waals surface area contributed by atoms with Crippen LogP contribution in [0.4, 0.5) is 11.4 Å². The fraction of sp³-hybridized carbons (Fsp3) is 0.235. The number of carbonyl (C=O) groups is 1. The monoisotopic (exact) mass is 268 g/mol. The number of hydrogen-bond donors (Lipinski definition) is 1. The predicted molar refractivity (Wildman–Crippen MR) is 84.6 cm³/mol. The summed E-state index contributed by atoms with van der Waals surface area (Å²) in [5, 5.41) is 3.05. The van der Waals surface area contributed by atoms with Gasteiger partial charge in [0.2, 0.25) is 0 Å². The van der Waals surface area contributed by atoms with Gasteiger partial charge in [-0.15, -0.1) is 0 Å². The molecule has 0 saturated carbocycles. The van der Waals surface area contributed by atoms with E-state index in [0.29, 0.717) is 5.56 Å². The van der Waals surface area contributed by atoms with Crippen LogP contribution in [0, 0.1) is 13.8 Å². The third-order valence-electron chi connectivity index (χ3n) is 3.42. The van der Waals surface area contributed by atoms with Gasteiger partial charge in [0.1, 0.15) is 0 Å². The molecule has 0 aliphatic heterocycles. The van der Waals surface area contributed by atoms with Gasteiger partial charge in [0.25, 0.3) is 5.91 Å². The minimum Gasteiger partial charge on any atom is -0.388 e. The summed E-state index contributed by atoms with van der Waals surface area (Å²) >= 11 is 0. The standard InChI is InChI=1S/C17H20N2O/c1-12-8-9-16(13(2)10-12)19(4)17(20)14-6-5-7-15(11-14)18-3/h5-11,18H,1-4H3. The number of rotatable bonds is 3. The Morgan fingerprint density at radius 2 is 1.85 bits per heavy atom. The number of aryl methyl sites for hydroxylation is 2. The van der Waals surface area contributed by atoms with Gasteiger partial charge in [-0.25, -0.2) is 0 Å². The number of anilines is 2. The Morgan fingerprint density at radius 1 is 1.10 bits per heavy atom. The van der Waals surface area contributed by atoms with Crippen LogP contribution in [-0.4, -0.2) is 20.0 Å². The Morgan fingerprint density at radius 3 is 2.50 bits per heavy atom. The number of nitrogens with one attached hydrogen (secondary N) is 1. The molecule has 0 bridgehead atoms. The maximum atomic E-state index is 12.5. The van der Waals surface area contributed by atoms with Crippen molar-refractivity contribution in [1.82, 2.24) is 0 Å². The molecule has 2 aromatic carbocycles. The van der Waals surface area contributed by atoms with E-state index in [-0.39, 0.29) is 5.91 Å². The summed E-state index contributed by atoms with van der Waals surface area (Å²) in [7, 11) is 3.66. The SMILES string of the molecule is CNc1cccc(C(=O)N(C)c2ccc(C)cc2C)c1. The number of carbonyl (C=O) groups excluding carboxylic acids is 1. The van der Waals surface area contributed by atoms with Crippen molar-refractivity contribution in [2.45, 2.75) is 13.8 Å². The molecule has 3 heteroatoms. The fourth-order valence-electron chi connectivity index (χ4n) is 2.29. The summed E-state index contributed by atoms with van der Waals surface area (Å²) in [5.41, 5.74) is 4.86. The van der Waals surface area contributed by atoms with Crippen LogP contribution in [-0.2, 0) is 0 Å². The molecule has 2 rings (SSSR count). The Hall–Kier alpha value is -2.29. The molecule has 0 spiro atoms. The van der Waals surface area contributed by atoms with Crippen molar-refractivity contribution in [2.24, 2.45) is 0 Å². The first-order valence-electron chi connectivity index (χ1n) is 6.66. The van der Waals surface area contributed by atoms with Crippen LogP contribution in [0.25, 0.3) is 0 Å². The third kappa shape index (κ3) is 2.82. The Bertz CT molecular complexity index is 635. The predicted octanol–water partition coefficient (Wildman–Crippen LogP) is 3.62. The molecule has 20 heavy (non-hydrogen) atoms. The molecule has 0 aromatic heterocycles. The highest BCUT2D eigenvalue weighted by Gasteiger charge is 2.15. The van der Waals surface area contributed by atoms with Crippen molar-refractivity contribution in [3.05, 3.63) is 59.2 Å². The van der Waals surface area contributed by atoms with E-state index in [4.69, 9.17) is 0 Å². The number of hydrogen-bond acceptors (Lipinski definition) is 2. The van der Waals surface area contributed by atoms with Gasteiger partial charge >= 0.3 is 0 Å². The van der Waals surface area contributed by atoms with Crippen molar-refractivity contribution in [3.8, 4) is 0 Å². The van der Waals surface area contributed by atoms with E-state index < -0.39 is 0 Å². The van der Waals surface area contributed by atoms with Gasteiger partial charge in [0.05, 0.1) is 0 Å². The van der Waals surface area contributed by atoms with Crippen LogP contribution in [0.3, 0.4) is 0 Å². The highest BCUT2D eigenvalue weighted by Crippen LogP contribution is 2.22. The summed E-state index contributed by atoms with van der Waals surface area (Å²) < 4.78 is 0. The zero-order valence-electron chi connectivity index (χ0n) is 12.4. The quantitative estimate of drug-likeness (QED) is 0.922. The molecular formula is C17H20N2O. The zero-order valence-corrected chi connectivity index (χ0v) is 12.4. The van der Waals surface area contributed by atoms with E-state index in [0.717, 1.165) is 16.9 Å². The maximum Gasteiger partial charge on any atom is 0.258 e. The number of nitrogens with zero attached hydrogens (tertiary/aromatic N) is 1. The van der Waals surface area contributed by atoms with Gasteiger partial charge in [-0.05, 0) is 43.7 Å². The normalized spacial score (nSPS) is 10.2. The maximum absolute atomic E-state index is 12.5. The summed E-state index contributed by atoms with van der Waals surface area (Å²) in [6.45, 7) is 4.07. The van der Waals surface area contributed by atoms with Crippen molar-refractivity contribution < 1.29 is 4.79 Å². The molecule has 2 aromatic rings. The zero-order chi connectivity index (χ0) is 14.7. The first-order chi connectivity index (χ1) is 9.52. The lowest BCUT2D eigenvalue weighted by molar-refractivity contribution is 0.0993. The molecular weight excluding hydrogens is 248 g/mol. The molecule has 0 heterocycles. The highest BCUT2D eigenvalue weighted by molar-refractivity contribution is 6.06. The summed E-state index contributed by atoms with van der Waals surface area (Å²) in [6.07, 6.45) is 0. The molecule has 1 amide bonds. The average molecular weight is 268 g/mol. The van der Waals surface area contributed by atoms with Gasteiger partial charge in [0.15, 0.2) is 0 Å². The third-order valence-corrected chi connectivity index (χ3v) is 3.42. The Balaban J connectivity index is 2.32. The Labute approximate surface area is 120 Å². The molecule has 0 radical (unpaired) electrons. The number of amides is 1. The van der Waals surface area contributed by atoms with Gasteiger partial charge in [0, 0.05) is 31.0 Å². The second-order valence-corrected chi connectivity index (χ2v) is 4.98. The summed E-state index contributed by atoms with van der Waals surface area (Å²) in [6, 6.07) is 13.6. The van der Waals surface area contributed by atoms with E-state index in [1.54, 1.807) is 4.90 Å². The van der Waals surface area contributed by atoms with E-state index >= 15 is 0 Å². The van der Waals surface area contributed by atoms with Gasteiger partial charge in [-0.1, -0.05) is 23.8 Å². The van der Waals surface area contributed by atoms with Crippen molar-refractivity contribution in [1.29, 1.82) is 0 Å². The highest BCUT2D eigenvalue weighted by atomic mass is 16.2. The van der Waals surface area contributed by atoms with Gasteiger partial charge in [-0.2, -0.15) is 0 Å². The first kappa shape index (κ1) is 14.1. The molecule has 0 unspecified atom stereocenters. The molecule has 0 atom stereocenters. The van der Waals surface area contributed by atoms with Crippen LogP contribution >= 0.6 is 0 Å². The first-order valence-corrected chi connectivity index (χ1v) is 6.66. The van der Waals surface area contributed by atoms with Crippen LogP contribution in [0.5, 0.6) is 0 Å². The Kier molecular flexibility index (Phi) is 4.08. The summed E-state index contributed by atoms with van der Waals surface area (Å²) in [4.78, 5) is 14.2. The van der Waals surface area contributed by atoms with E-state index in [2.05, 4.69) is 18.3 Å². The van der Waals surface area contributed by atoms with E-state index in [9.17, 15) is 4.79 Å².